The van der Waals surface area contributed by atoms with Crippen LogP contribution in [0.4, 0.5) is 0 Å². The van der Waals surface area contributed by atoms with Crippen LogP contribution >= 0.6 is 0 Å². The Balaban J connectivity index is 2.11. The van der Waals surface area contributed by atoms with Crippen LogP contribution in [0.1, 0.15) is 71.6 Å². The van der Waals surface area contributed by atoms with Gasteiger partial charge in [0.1, 0.15) is 0 Å². The van der Waals surface area contributed by atoms with Crippen LogP contribution in [0.3, 0.4) is 0 Å². The topological polar surface area (TPSA) is 0 Å². The molecule has 78 valence electrons. The van der Waals surface area contributed by atoms with Gasteiger partial charge in [-0.15, -0.1) is 0 Å². The van der Waals surface area contributed by atoms with Crippen molar-refractivity contribution in [2.24, 2.45) is 11.8 Å². The Bertz CT molecular complexity index is 117. The Morgan fingerprint density at radius 2 is 1.77 bits per heavy atom. The monoisotopic (exact) mass is 182 g/mol. The van der Waals surface area contributed by atoms with Crippen LogP contribution in [-0.2, 0) is 0 Å². The highest BCUT2D eigenvalue weighted by atomic mass is 14.3. The third-order valence-corrected chi connectivity index (χ3v) is 3.68. The minimum absolute atomic E-state index is 1.07. The smallest absolute Gasteiger partial charge is 0.0412 e. The van der Waals surface area contributed by atoms with Crippen LogP contribution in [0.15, 0.2) is 0 Å². The Morgan fingerprint density at radius 1 is 1.00 bits per heavy atom. The van der Waals surface area contributed by atoms with Gasteiger partial charge in [-0.25, -0.2) is 0 Å². The Labute approximate surface area is 84.1 Å². The van der Waals surface area contributed by atoms with Gasteiger partial charge in [-0.1, -0.05) is 65.2 Å². The average molecular weight is 182 g/mol. The molecule has 0 aromatic carbocycles. The molecule has 0 bridgehead atoms. The standard InChI is InChI=1S/C13H26/c1-3-5-6-8-13-10-7-9-12(4-2)11-13/h12-13H,3-11H2,1-2H3. The fraction of sp³-hybridized carbons (Fsp3) is 1.00. The fourth-order valence-corrected chi connectivity index (χ4v) is 2.72. The molecule has 0 aromatic rings. The molecule has 0 nitrogen and oxygen atoms in total. The zero-order valence-corrected chi connectivity index (χ0v) is 9.52. The molecule has 2 unspecified atom stereocenters. The molecule has 0 amide bonds. The van der Waals surface area contributed by atoms with Crippen LogP contribution in [0, 0.1) is 11.8 Å². The molecule has 0 aliphatic heterocycles. The lowest BCUT2D eigenvalue weighted by Crippen LogP contribution is -2.14. The SMILES string of the molecule is CCCCCC1CCCC(CC)C1. The molecule has 13 heavy (non-hydrogen) atoms. The highest BCUT2D eigenvalue weighted by molar-refractivity contribution is 4.72. The van der Waals surface area contributed by atoms with Crippen molar-refractivity contribution in [3.05, 3.63) is 0 Å². The molecule has 0 radical (unpaired) electrons. The van der Waals surface area contributed by atoms with E-state index in [1.54, 1.807) is 6.42 Å². The van der Waals surface area contributed by atoms with Gasteiger partial charge in [0.2, 0.25) is 0 Å². The molecule has 2 atom stereocenters. The van der Waals surface area contributed by atoms with E-state index < -0.39 is 0 Å². The van der Waals surface area contributed by atoms with E-state index in [0.29, 0.717) is 0 Å². The molecule has 0 spiro atoms. The largest absolute Gasteiger partial charge is 0.0654 e. The summed E-state index contributed by atoms with van der Waals surface area (Å²) in [5.41, 5.74) is 0. The van der Waals surface area contributed by atoms with E-state index in [4.69, 9.17) is 0 Å². The van der Waals surface area contributed by atoms with Gasteiger partial charge in [-0.05, 0) is 18.3 Å². The summed E-state index contributed by atoms with van der Waals surface area (Å²) < 4.78 is 0. The van der Waals surface area contributed by atoms with Gasteiger partial charge in [0.05, 0.1) is 0 Å². The molecule has 1 aliphatic carbocycles. The van der Waals surface area contributed by atoms with Crippen LogP contribution in [-0.4, -0.2) is 0 Å². The second-order valence-corrected chi connectivity index (χ2v) is 4.80. The first kappa shape index (κ1) is 11.1. The summed E-state index contributed by atoms with van der Waals surface area (Å²) in [5, 5.41) is 0. The van der Waals surface area contributed by atoms with Gasteiger partial charge < -0.3 is 0 Å². The Morgan fingerprint density at radius 3 is 2.46 bits per heavy atom. The summed E-state index contributed by atoms with van der Waals surface area (Å²) in [4.78, 5) is 0. The Hall–Kier alpha value is 0. The lowest BCUT2D eigenvalue weighted by Gasteiger charge is -2.28. The maximum Gasteiger partial charge on any atom is -0.0412 e. The number of unbranched alkanes of at least 4 members (excludes halogenated alkanes) is 2. The average Bonchev–Trinajstić information content (AvgIpc) is 2.19. The second-order valence-electron chi connectivity index (χ2n) is 4.80. The molecular formula is C13H26. The predicted octanol–water partition coefficient (Wildman–Crippen LogP) is 4.78. The lowest BCUT2D eigenvalue weighted by atomic mass is 9.78. The van der Waals surface area contributed by atoms with Crippen molar-refractivity contribution in [3.8, 4) is 0 Å². The molecule has 0 N–H and O–H groups in total. The maximum atomic E-state index is 2.36. The van der Waals surface area contributed by atoms with Gasteiger partial charge >= 0.3 is 0 Å². The molecule has 0 aromatic heterocycles. The number of hydrogen-bond acceptors (Lipinski definition) is 0. The zero-order valence-electron chi connectivity index (χ0n) is 9.52. The van der Waals surface area contributed by atoms with Crippen LogP contribution < -0.4 is 0 Å². The van der Waals surface area contributed by atoms with Crippen molar-refractivity contribution < 1.29 is 0 Å². The van der Waals surface area contributed by atoms with Crippen molar-refractivity contribution in [2.75, 3.05) is 0 Å². The highest BCUT2D eigenvalue weighted by Crippen LogP contribution is 2.33. The summed E-state index contributed by atoms with van der Waals surface area (Å²) in [6, 6.07) is 0. The first-order valence-electron chi connectivity index (χ1n) is 6.36. The van der Waals surface area contributed by atoms with E-state index in [2.05, 4.69) is 13.8 Å². The van der Waals surface area contributed by atoms with Crippen LogP contribution in [0.5, 0.6) is 0 Å². The fourth-order valence-electron chi connectivity index (χ4n) is 2.72. The van der Waals surface area contributed by atoms with E-state index >= 15 is 0 Å². The normalized spacial score (nSPS) is 29.1. The number of hydrogen-bond donors (Lipinski definition) is 0. The molecule has 1 saturated carbocycles. The summed E-state index contributed by atoms with van der Waals surface area (Å²) in [6.45, 7) is 4.66. The second kappa shape index (κ2) is 6.45. The summed E-state index contributed by atoms with van der Waals surface area (Å²) in [6.07, 6.45) is 13.3. The summed E-state index contributed by atoms with van der Waals surface area (Å²) in [7, 11) is 0. The Kier molecular flexibility index (Phi) is 5.50. The molecule has 0 heteroatoms. The first-order valence-corrected chi connectivity index (χ1v) is 6.36. The molecule has 1 aliphatic rings. The predicted molar refractivity (Wildman–Crippen MR) is 59.9 cm³/mol. The zero-order chi connectivity index (χ0) is 9.52. The maximum absolute atomic E-state index is 2.36. The van der Waals surface area contributed by atoms with Crippen LogP contribution in [0.2, 0.25) is 0 Å². The van der Waals surface area contributed by atoms with Gasteiger partial charge in [-0.2, -0.15) is 0 Å². The summed E-state index contributed by atoms with van der Waals surface area (Å²) >= 11 is 0. The first-order chi connectivity index (χ1) is 6.36. The van der Waals surface area contributed by atoms with Crippen molar-refractivity contribution in [2.45, 2.75) is 71.6 Å². The minimum Gasteiger partial charge on any atom is -0.0654 e. The number of rotatable bonds is 5. The van der Waals surface area contributed by atoms with Crippen molar-refractivity contribution in [3.63, 3.8) is 0 Å². The van der Waals surface area contributed by atoms with E-state index in [1.807, 2.05) is 0 Å². The van der Waals surface area contributed by atoms with Gasteiger partial charge in [0, 0.05) is 0 Å². The van der Waals surface area contributed by atoms with Crippen LogP contribution in [0.25, 0.3) is 0 Å². The van der Waals surface area contributed by atoms with Crippen molar-refractivity contribution in [1.29, 1.82) is 0 Å². The van der Waals surface area contributed by atoms with Gasteiger partial charge in [0.25, 0.3) is 0 Å². The molecule has 1 rings (SSSR count). The minimum atomic E-state index is 1.07. The van der Waals surface area contributed by atoms with Gasteiger partial charge in [-0.3, -0.25) is 0 Å². The van der Waals surface area contributed by atoms with E-state index in [0.717, 1.165) is 11.8 Å². The molecule has 1 fully saturated rings. The van der Waals surface area contributed by atoms with Crippen molar-refractivity contribution >= 4 is 0 Å². The summed E-state index contributed by atoms with van der Waals surface area (Å²) in [5.74, 6) is 2.16. The third-order valence-electron chi connectivity index (χ3n) is 3.68. The lowest BCUT2D eigenvalue weighted by molar-refractivity contribution is 0.245. The third kappa shape index (κ3) is 4.15. The molecule has 0 heterocycles. The molecular weight excluding hydrogens is 156 g/mol. The van der Waals surface area contributed by atoms with E-state index in [1.165, 1.54) is 51.4 Å². The quantitative estimate of drug-likeness (QED) is 0.537. The highest BCUT2D eigenvalue weighted by Gasteiger charge is 2.19. The van der Waals surface area contributed by atoms with Crippen molar-refractivity contribution in [1.82, 2.24) is 0 Å². The molecule has 0 saturated heterocycles. The van der Waals surface area contributed by atoms with E-state index in [9.17, 15) is 0 Å². The van der Waals surface area contributed by atoms with E-state index in [-0.39, 0.29) is 0 Å². The van der Waals surface area contributed by atoms with Gasteiger partial charge in [0.15, 0.2) is 0 Å².